The minimum atomic E-state index is -4.83. The maximum absolute atomic E-state index is 12.4. The van der Waals surface area contributed by atoms with Crippen molar-refractivity contribution in [3.05, 3.63) is 65.9 Å². The Labute approximate surface area is 193 Å². The average molecular weight is 473 g/mol. The first-order valence-electron chi connectivity index (χ1n) is 10.5. The molecule has 34 heavy (non-hydrogen) atoms. The number of carbonyl (C=O) groups is 1. The minimum Gasteiger partial charge on any atom is -0.406 e. The van der Waals surface area contributed by atoms with Gasteiger partial charge in [-0.25, -0.2) is 4.98 Å². The molecule has 0 radical (unpaired) electrons. The summed E-state index contributed by atoms with van der Waals surface area (Å²) in [5.41, 5.74) is 2.07. The summed E-state index contributed by atoms with van der Waals surface area (Å²) in [7, 11) is 0. The van der Waals surface area contributed by atoms with E-state index in [1.54, 1.807) is 24.3 Å². The van der Waals surface area contributed by atoms with Gasteiger partial charge in [-0.1, -0.05) is 6.07 Å². The van der Waals surface area contributed by atoms with Crippen molar-refractivity contribution in [3.63, 3.8) is 0 Å². The van der Waals surface area contributed by atoms with Crippen LogP contribution in [0.4, 0.5) is 36.3 Å². The van der Waals surface area contributed by atoms with E-state index in [-0.39, 0.29) is 5.56 Å². The number of hydrogen-bond acceptors (Lipinski definition) is 7. The maximum Gasteiger partial charge on any atom is 0.573 e. The number of nitrogens with zero attached hydrogens (tertiary/aromatic N) is 3. The van der Waals surface area contributed by atoms with Gasteiger partial charge in [-0.15, -0.1) is 13.2 Å². The number of hydrogen-bond donors (Lipinski definition) is 2. The van der Waals surface area contributed by atoms with Crippen LogP contribution in [0.5, 0.6) is 5.75 Å². The van der Waals surface area contributed by atoms with Crippen molar-refractivity contribution >= 4 is 29.0 Å². The van der Waals surface area contributed by atoms with E-state index in [1.807, 2.05) is 13.0 Å². The largest absolute Gasteiger partial charge is 0.573 e. The molecule has 2 N–H and O–H groups in total. The SMILES string of the molecule is Cc1cc(Nc2ccc(NC(=O)c3cccc(OC(F)(F)F)c3)cc2)nc(N2CCOCC2)n1. The van der Waals surface area contributed by atoms with E-state index >= 15 is 0 Å². The molecule has 0 bridgehead atoms. The quantitative estimate of drug-likeness (QED) is 0.544. The third-order valence-corrected chi connectivity index (χ3v) is 4.88. The van der Waals surface area contributed by atoms with Crippen LogP contribution in [0.2, 0.25) is 0 Å². The number of anilines is 4. The summed E-state index contributed by atoms with van der Waals surface area (Å²) in [5, 5.41) is 5.87. The lowest BCUT2D eigenvalue weighted by Crippen LogP contribution is -2.37. The number of rotatable bonds is 6. The van der Waals surface area contributed by atoms with Gasteiger partial charge < -0.3 is 25.0 Å². The van der Waals surface area contributed by atoms with Gasteiger partial charge in [-0.2, -0.15) is 4.98 Å². The van der Waals surface area contributed by atoms with Crippen LogP contribution in [0.1, 0.15) is 16.1 Å². The zero-order chi connectivity index (χ0) is 24.1. The average Bonchev–Trinajstić information content (AvgIpc) is 2.80. The number of aromatic nitrogens is 2. The molecule has 0 atom stereocenters. The normalized spacial score (nSPS) is 13.9. The predicted molar refractivity (Wildman–Crippen MR) is 121 cm³/mol. The Hall–Kier alpha value is -3.86. The third kappa shape index (κ3) is 6.35. The Morgan fingerprint density at radius 2 is 1.74 bits per heavy atom. The van der Waals surface area contributed by atoms with Crippen LogP contribution in [0.3, 0.4) is 0 Å². The molecule has 1 amide bonds. The summed E-state index contributed by atoms with van der Waals surface area (Å²) in [5.74, 6) is 0.241. The van der Waals surface area contributed by atoms with E-state index in [9.17, 15) is 18.0 Å². The highest BCUT2D eigenvalue weighted by molar-refractivity contribution is 6.04. The molecule has 1 saturated heterocycles. The number of benzene rings is 2. The van der Waals surface area contributed by atoms with E-state index in [1.165, 1.54) is 12.1 Å². The number of nitrogens with one attached hydrogen (secondary N) is 2. The molecule has 4 rings (SSSR count). The van der Waals surface area contributed by atoms with Crippen molar-refractivity contribution in [2.24, 2.45) is 0 Å². The van der Waals surface area contributed by atoms with Gasteiger partial charge >= 0.3 is 6.36 Å². The fourth-order valence-electron chi connectivity index (χ4n) is 3.34. The lowest BCUT2D eigenvalue weighted by molar-refractivity contribution is -0.274. The number of ether oxygens (including phenoxy) is 2. The van der Waals surface area contributed by atoms with Crippen LogP contribution in [0.25, 0.3) is 0 Å². The first-order valence-corrected chi connectivity index (χ1v) is 10.5. The zero-order valence-corrected chi connectivity index (χ0v) is 18.2. The highest BCUT2D eigenvalue weighted by Crippen LogP contribution is 2.24. The zero-order valence-electron chi connectivity index (χ0n) is 18.2. The molecule has 2 aromatic carbocycles. The number of amides is 1. The second-order valence-electron chi connectivity index (χ2n) is 7.53. The molecule has 178 valence electrons. The molecular formula is C23H22F3N5O3. The molecule has 2 heterocycles. The van der Waals surface area contributed by atoms with Gasteiger partial charge in [-0.3, -0.25) is 4.79 Å². The molecule has 1 aliphatic rings. The second kappa shape index (κ2) is 9.96. The van der Waals surface area contributed by atoms with Crippen LogP contribution in [0.15, 0.2) is 54.6 Å². The number of morpholine rings is 1. The lowest BCUT2D eigenvalue weighted by atomic mass is 10.2. The molecule has 1 fully saturated rings. The Morgan fingerprint density at radius 1 is 1.03 bits per heavy atom. The minimum absolute atomic E-state index is 0.0380. The van der Waals surface area contributed by atoms with Crippen molar-refractivity contribution in [2.75, 3.05) is 41.8 Å². The van der Waals surface area contributed by atoms with Crippen molar-refractivity contribution in [1.29, 1.82) is 0 Å². The second-order valence-corrected chi connectivity index (χ2v) is 7.53. The van der Waals surface area contributed by atoms with Gasteiger partial charge in [-0.05, 0) is 49.4 Å². The maximum atomic E-state index is 12.4. The summed E-state index contributed by atoms with van der Waals surface area (Å²) < 4.78 is 46.5. The first kappa shape index (κ1) is 23.3. The standard InChI is InChI=1S/C23H22F3N5O3/c1-15-13-20(30-22(27-15)31-9-11-33-12-10-31)28-17-5-7-18(8-6-17)29-21(32)16-3-2-4-19(14-16)34-23(24,25)26/h2-8,13-14H,9-12H2,1H3,(H,29,32)(H,27,28,30). The molecule has 1 aliphatic heterocycles. The van der Waals surface area contributed by atoms with Crippen molar-refractivity contribution in [1.82, 2.24) is 9.97 Å². The van der Waals surface area contributed by atoms with Crippen LogP contribution < -0.4 is 20.3 Å². The molecule has 3 aromatic rings. The molecule has 0 saturated carbocycles. The summed E-state index contributed by atoms with van der Waals surface area (Å²) in [6.07, 6.45) is -4.83. The van der Waals surface area contributed by atoms with E-state index in [0.29, 0.717) is 30.7 Å². The molecular weight excluding hydrogens is 451 g/mol. The van der Waals surface area contributed by atoms with Gasteiger partial charge in [0.1, 0.15) is 11.6 Å². The van der Waals surface area contributed by atoms with Crippen LogP contribution in [-0.4, -0.2) is 48.5 Å². The number of alkyl halides is 3. The Bertz CT molecular complexity index is 1150. The monoisotopic (exact) mass is 473 g/mol. The van der Waals surface area contributed by atoms with Crippen LogP contribution in [-0.2, 0) is 4.74 Å². The Morgan fingerprint density at radius 3 is 2.44 bits per heavy atom. The first-order chi connectivity index (χ1) is 16.2. The summed E-state index contributed by atoms with van der Waals surface area (Å²) >= 11 is 0. The smallest absolute Gasteiger partial charge is 0.406 e. The van der Waals surface area contributed by atoms with Crippen molar-refractivity contribution < 1.29 is 27.4 Å². The van der Waals surface area contributed by atoms with E-state index in [0.717, 1.165) is 36.6 Å². The Balaban J connectivity index is 1.40. The summed E-state index contributed by atoms with van der Waals surface area (Å²) in [6, 6.07) is 13.6. The molecule has 0 spiro atoms. The number of carbonyl (C=O) groups excluding carboxylic acids is 1. The van der Waals surface area contributed by atoms with Crippen molar-refractivity contribution in [3.8, 4) is 5.75 Å². The van der Waals surface area contributed by atoms with Gasteiger partial charge in [0.2, 0.25) is 5.95 Å². The topological polar surface area (TPSA) is 88.6 Å². The lowest BCUT2D eigenvalue weighted by Gasteiger charge is -2.27. The van der Waals surface area contributed by atoms with Gasteiger partial charge in [0.05, 0.1) is 13.2 Å². The number of halogens is 3. The van der Waals surface area contributed by atoms with Crippen LogP contribution >= 0.6 is 0 Å². The Kier molecular flexibility index (Phi) is 6.82. The highest BCUT2D eigenvalue weighted by Gasteiger charge is 2.31. The van der Waals surface area contributed by atoms with Crippen LogP contribution in [0, 0.1) is 6.92 Å². The number of aryl methyl sites for hydroxylation is 1. The third-order valence-electron chi connectivity index (χ3n) is 4.88. The molecule has 0 aliphatic carbocycles. The molecule has 0 unspecified atom stereocenters. The predicted octanol–water partition coefficient (Wildman–Crippen LogP) is 4.52. The fraction of sp³-hybridized carbons (Fsp3) is 0.261. The van der Waals surface area contributed by atoms with E-state index in [2.05, 4.69) is 30.2 Å². The van der Waals surface area contributed by atoms with Gasteiger partial charge in [0.25, 0.3) is 5.91 Å². The van der Waals surface area contributed by atoms with Gasteiger partial charge in [0, 0.05) is 41.8 Å². The molecule has 1 aromatic heterocycles. The summed E-state index contributed by atoms with van der Waals surface area (Å²) in [6.45, 7) is 4.61. The van der Waals surface area contributed by atoms with Gasteiger partial charge in [0.15, 0.2) is 0 Å². The molecule has 8 nitrogen and oxygen atoms in total. The highest BCUT2D eigenvalue weighted by atomic mass is 19.4. The fourth-order valence-corrected chi connectivity index (χ4v) is 3.34. The van der Waals surface area contributed by atoms with E-state index < -0.39 is 18.0 Å². The van der Waals surface area contributed by atoms with Crippen molar-refractivity contribution in [2.45, 2.75) is 13.3 Å². The molecule has 11 heteroatoms. The van der Waals surface area contributed by atoms with E-state index in [4.69, 9.17) is 4.74 Å². The summed E-state index contributed by atoms with van der Waals surface area (Å²) in [4.78, 5) is 23.6.